The first-order valence-electron chi connectivity index (χ1n) is 8.09. The Morgan fingerprint density at radius 2 is 1.85 bits per heavy atom. The van der Waals surface area contributed by atoms with Gasteiger partial charge in [0.2, 0.25) is 5.13 Å². The zero-order valence-electron chi connectivity index (χ0n) is 14.4. The van der Waals surface area contributed by atoms with Crippen LogP contribution in [0.2, 0.25) is 0 Å². The summed E-state index contributed by atoms with van der Waals surface area (Å²) in [6.45, 7) is 0. The Balaban J connectivity index is 1.52. The molecule has 0 radical (unpaired) electrons. The minimum absolute atomic E-state index is 0.0385. The normalized spacial score (nSPS) is 11.5. The maximum absolute atomic E-state index is 12.0. The van der Waals surface area contributed by atoms with Gasteiger partial charge in [-0.15, -0.1) is 11.3 Å². The molecule has 2 heterocycles. The van der Waals surface area contributed by atoms with Crippen LogP contribution < -0.4 is 11.1 Å². The minimum atomic E-state index is -0.0385. The number of benzene rings is 2. The van der Waals surface area contributed by atoms with Gasteiger partial charge < -0.3 is 0 Å². The van der Waals surface area contributed by atoms with Crippen LogP contribution in [0.25, 0.3) is 22.3 Å². The third-order valence-electron chi connectivity index (χ3n) is 4.24. The molecule has 7 heteroatoms. The molecule has 0 aliphatic carbocycles. The number of rotatable bonds is 4. The van der Waals surface area contributed by atoms with Gasteiger partial charge in [0.1, 0.15) is 0 Å². The van der Waals surface area contributed by atoms with Gasteiger partial charge in [-0.25, -0.2) is 9.78 Å². The Kier molecular flexibility index (Phi) is 4.14. The lowest BCUT2D eigenvalue weighted by Gasteiger charge is -1.98. The number of aromatic nitrogens is 3. The molecule has 0 amide bonds. The summed E-state index contributed by atoms with van der Waals surface area (Å²) in [6, 6.07) is 15.8. The van der Waals surface area contributed by atoms with E-state index >= 15 is 0 Å². The summed E-state index contributed by atoms with van der Waals surface area (Å²) in [7, 11) is 3.54. The topological polar surface area (TPSA) is 64.2 Å². The fourth-order valence-corrected chi connectivity index (χ4v) is 3.50. The molecule has 1 N–H and O–H groups in total. The average Bonchev–Trinajstić information content (AvgIpc) is 3.23. The predicted octanol–water partition coefficient (Wildman–Crippen LogP) is 3.45. The van der Waals surface area contributed by atoms with Crippen molar-refractivity contribution in [1.29, 1.82) is 0 Å². The van der Waals surface area contributed by atoms with Gasteiger partial charge in [-0.1, -0.05) is 36.4 Å². The van der Waals surface area contributed by atoms with Crippen LogP contribution in [-0.2, 0) is 14.1 Å². The van der Waals surface area contributed by atoms with E-state index in [1.54, 1.807) is 29.4 Å². The van der Waals surface area contributed by atoms with Crippen LogP contribution >= 0.6 is 11.3 Å². The molecule has 2 aromatic carbocycles. The lowest BCUT2D eigenvalue weighted by molar-refractivity contribution is 0.795. The number of nitrogens with one attached hydrogen (secondary N) is 1. The molecule has 0 aliphatic heterocycles. The first-order valence-corrected chi connectivity index (χ1v) is 8.97. The summed E-state index contributed by atoms with van der Waals surface area (Å²) in [5.41, 5.74) is 7.62. The van der Waals surface area contributed by atoms with E-state index in [2.05, 4.69) is 15.5 Å². The first kappa shape index (κ1) is 16.3. The lowest BCUT2D eigenvalue weighted by atomic mass is 10.2. The minimum Gasteiger partial charge on any atom is -0.295 e. The standard InChI is InChI=1S/C19H17N5OS/c1-23-16-9-8-13(10-17(16)24(2)19(23)25)11-20-22-18-21-15(12-26-18)14-6-4-3-5-7-14/h3-12H,1-2H3,(H,21,22)/b20-11+. The van der Waals surface area contributed by atoms with E-state index < -0.39 is 0 Å². The number of nitrogens with zero attached hydrogens (tertiary/aromatic N) is 4. The van der Waals surface area contributed by atoms with E-state index in [1.807, 2.05) is 53.9 Å². The average molecular weight is 363 g/mol. The van der Waals surface area contributed by atoms with Crippen molar-refractivity contribution >= 4 is 33.7 Å². The third kappa shape index (κ3) is 2.93. The largest absolute Gasteiger partial charge is 0.328 e. The van der Waals surface area contributed by atoms with Crippen LogP contribution in [0.5, 0.6) is 0 Å². The van der Waals surface area contributed by atoms with Gasteiger partial charge in [0.05, 0.1) is 22.9 Å². The van der Waals surface area contributed by atoms with Crippen LogP contribution in [0.4, 0.5) is 5.13 Å². The molecular formula is C19H17N5OS. The number of hydrogen-bond donors (Lipinski definition) is 1. The van der Waals surface area contributed by atoms with Crippen LogP contribution in [0.1, 0.15) is 5.56 Å². The van der Waals surface area contributed by atoms with E-state index in [0.717, 1.165) is 33.0 Å². The molecule has 6 nitrogen and oxygen atoms in total. The molecule has 0 saturated heterocycles. The van der Waals surface area contributed by atoms with Crippen molar-refractivity contribution in [2.75, 3.05) is 5.43 Å². The first-order chi connectivity index (χ1) is 12.6. The van der Waals surface area contributed by atoms with Gasteiger partial charge in [0, 0.05) is 25.0 Å². The summed E-state index contributed by atoms with van der Waals surface area (Å²) in [6.07, 6.45) is 1.72. The van der Waals surface area contributed by atoms with E-state index in [9.17, 15) is 4.79 Å². The van der Waals surface area contributed by atoms with Gasteiger partial charge in [0.25, 0.3) is 0 Å². The van der Waals surface area contributed by atoms with E-state index in [4.69, 9.17) is 0 Å². The predicted molar refractivity (Wildman–Crippen MR) is 107 cm³/mol. The number of fused-ring (bicyclic) bond motifs is 1. The van der Waals surface area contributed by atoms with Crippen molar-refractivity contribution in [3.05, 3.63) is 70.0 Å². The third-order valence-corrected chi connectivity index (χ3v) is 4.99. The second-order valence-corrected chi connectivity index (χ2v) is 6.78. The van der Waals surface area contributed by atoms with Crippen molar-refractivity contribution in [2.45, 2.75) is 0 Å². The Morgan fingerprint density at radius 1 is 1.08 bits per heavy atom. The number of hydrogen-bond acceptors (Lipinski definition) is 5. The number of aryl methyl sites for hydroxylation is 2. The highest BCUT2D eigenvalue weighted by Gasteiger charge is 2.07. The van der Waals surface area contributed by atoms with E-state index in [0.29, 0.717) is 0 Å². The molecule has 2 aromatic heterocycles. The molecule has 0 spiro atoms. The van der Waals surface area contributed by atoms with E-state index in [-0.39, 0.29) is 5.69 Å². The lowest BCUT2D eigenvalue weighted by Crippen LogP contribution is -2.19. The Bertz CT molecular complexity index is 1150. The molecule has 4 rings (SSSR count). The number of thiazole rings is 1. The zero-order valence-corrected chi connectivity index (χ0v) is 15.2. The highest BCUT2D eigenvalue weighted by molar-refractivity contribution is 7.14. The summed E-state index contributed by atoms with van der Waals surface area (Å²) < 4.78 is 3.27. The Morgan fingerprint density at radius 3 is 2.65 bits per heavy atom. The molecule has 0 fully saturated rings. The van der Waals surface area contributed by atoms with Crippen LogP contribution in [0.15, 0.2) is 63.8 Å². The molecule has 26 heavy (non-hydrogen) atoms. The summed E-state index contributed by atoms with van der Waals surface area (Å²) >= 11 is 1.51. The summed E-state index contributed by atoms with van der Waals surface area (Å²) in [5, 5.41) is 6.99. The van der Waals surface area contributed by atoms with Gasteiger partial charge >= 0.3 is 5.69 Å². The molecule has 0 unspecified atom stereocenters. The van der Waals surface area contributed by atoms with Gasteiger partial charge in [-0.3, -0.25) is 14.6 Å². The molecule has 0 bridgehead atoms. The number of imidazole rings is 1. The van der Waals surface area contributed by atoms with Crippen LogP contribution in [0.3, 0.4) is 0 Å². The van der Waals surface area contributed by atoms with E-state index in [1.165, 1.54) is 11.3 Å². The SMILES string of the molecule is Cn1c(=O)n(C)c2cc(/C=N/Nc3nc(-c4ccccc4)cs3)ccc21. The smallest absolute Gasteiger partial charge is 0.295 e. The van der Waals surface area contributed by atoms with Gasteiger partial charge in [0.15, 0.2) is 0 Å². The molecular weight excluding hydrogens is 346 g/mol. The second-order valence-electron chi connectivity index (χ2n) is 5.92. The van der Waals surface area contributed by atoms with Crippen LogP contribution in [0, 0.1) is 0 Å². The van der Waals surface area contributed by atoms with Gasteiger partial charge in [-0.2, -0.15) is 5.10 Å². The van der Waals surface area contributed by atoms with Crippen molar-refractivity contribution in [1.82, 2.24) is 14.1 Å². The van der Waals surface area contributed by atoms with Crippen molar-refractivity contribution in [3.8, 4) is 11.3 Å². The molecule has 0 aliphatic rings. The summed E-state index contributed by atoms with van der Waals surface area (Å²) in [4.78, 5) is 16.5. The maximum atomic E-state index is 12.0. The van der Waals surface area contributed by atoms with Crippen LogP contribution in [-0.4, -0.2) is 20.3 Å². The quantitative estimate of drug-likeness (QED) is 0.446. The molecule has 130 valence electrons. The Hall–Kier alpha value is -3.19. The second kappa shape index (κ2) is 6.61. The number of hydrazone groups is 1. The fourth-order valence-electron chi connectivity index (χ4n) is 2.83. The number of anilines is 1. The van der Waals surface area contributed by atoms with Crippen molar-refractivity contribution in [3.63, 3.8) is 0 Å². The highest BCUT2D eigenvalue weighted by atomic mass is 32.1. The molecule has 0 saturated carbocycles. The Labute approximate surface area is 154 Å². The summed E-state index contributed by atoms with van der Waals surface area (Å²) in [5.74, 6) is 0. The fraction of sp³-hybridized carbons (Fsp3) is 0.105. The van der Waals surface area contributed by atoms with Gasteiger partial charge in [-0.05, 0) is 17.7 Å². The maximum Gasteiger partial charge on any atom is 0.328 e. The monoisotopic (exact) mass is 363 g/mol. The molecule has 0 atom stereocenters. The van der Waals surface area contributed by atoms with Crippen molar-refractivity contribution in [2.24, 2.45) is 19.2 Å². The highest BCUT2D eigenvalue weighted by Crippen LogP contribution is 2.24. The zero-order chi connectivity index (χ0) is 18.1. The molecule has 4 aromatic rings. The van der Waals surface area contributed by atoms with Crippen molar-refractivity contribution < 1.29 is 0 Å².